The van der Waals surface area contributed by atoms with Crippen LogP contribution in [-0.2, 0) is 28.6 Å². The Kier molecular flexibility index (Phi) is 42.3. The van der Waals surface area contributed by atoms with Crippen LogP contribution in [-0.4, -0.2) is 37.2 Å². The van der Waals surface area contributed by atoms with E-state index in [9.17, 15) is 14.4 Å². The molecule has 0 rings (SSSR count). The Morgan fingerprint density at radius 1 is 0.356 bits per heavy atom. The molecule has 0 aromatic heterocycles. The predicted molar refractivity (Wildman–Crippen MR) is 251 cm³/mol. The van der Waals surface area contributed by atoms with Gasteiger partial charge in [-0.3, -0.25) is 14.4 Å². The molecule has 0 amide bonds. The molecule has 59 heavy (non-hydrogen) atoms. The molecule has 6 nitrogen and oxygen atoms in total. The van der Waals surface area contributed by atoms with Crippen molar-refractivity contribution in [2.24, 2.45) is 0 Å². The normalized spacial score (nSPS) is 13.5. The van der Waals surface area contributed by atoms with Gasteiger partial charge in [0, 0.05) is 19.3 Å². The smallest absolute Gasteiger partial charge is 0.306 e. The molecule has 1 atom stereocenters. The van der Waals surface area contributed by atoms with Crippen molar-refractivity contribution in [2.45, 2.75) is 155 Å². The van der Waals surface area contributed by atoms with Crippen LogP contribution in [0.3, 0.4) is 0 Å². The number of hydrogen-bond acceptors (Lipinski definition) is 6. The minimum absolute atomic E-state index is 0.130. The highest BCUT2D eigenvalue weighted by Gasteiger charge is 2.19. The zero-order valence-electron chi connectivity index (χ0n) is 36.9. The number of carbonyl (C=O) groups excluding carboxylic acids is 3. The number of hydrogen-bond donors (Lipinski definition) is 0. The Hall–Kier alpha value is -4.71. The van der Waals surface area contributed by atoms with E-state index < -0.39 is 6.10 Å². The minimum Gasteiger partial charge on any atom is -0.462 e. The van der Waals surface area contributed by atoms with Crippen molar-refractivity contribution < 1.29 is 28.6 Å². The van der Waals surface area contributed by atoms with E-state index >= 15 is 0 Å². The van der Waals surface area contributed by atoms with Gasteiger partial charge in [-0.1, -0.05) is 199 Å². The number of esters is 3. The van der Waals surface area contributed by atoms with Crippen molar-refractivity contribution >= 4 is 17.9 Å². The average molecular weight is 811 g/mol. The van der Waals surface area contributed by atoms with E-state index in [2.05, 4.69) is 69.4 Å². The van der Waals surface area contributed by atoms with E-state index in [-0.39, 0.29) is 44.0 Å². The van der Waals surface area contributed by atoms with Crippen molar-refractivity contribution in [3.8, 4) is 0 Å². The molecule has 0 N–H and O–H groups in total. The van der Waals surface area contributed by atoms with E-state index in [0.717, 1.165) is 83.5 Å². The Bertz CT molecular complexity index is 1390. The van der Waals surface area contributed by atoms with Gasteiger partial charge in [-0.15, -0.1) is 0 Å². The maximum absolute atomic E-state index is 12.7. The molecular weight excluding hydrogens is 733 g/mol. The zero-order chi connectivity index (χ0) is 43.0. The summed E-state index contributed by atoms with van der Waals surface area (Å²) in [6.45, 7) is 6.15. The quantitative estimate of drug-likeness (QED) is 0.0269. The van der Waals surface area contributed by atoms with Crippen molar-refractivity contribution in [1.29, 1.82) is 0 Å². The third kappa shape index (κ3) is 44.2. The average Bonchev–Trinajstić information content (AvgIpc) is 3.23. The van der Waals surface area contributed by atoms with Crippen molar-refractivity contribution in [3.05, 3.63) is 146 Å². The van der Waals surface area contributed by atoms with Crippen molar-refractivity contribution in [2.75, 3.05) is 13.2 Å². The molecule has 0 saturated heterocycles. The molecule has 0 aromatic carbocycles. The monoisotopic (exact) mass is 811 g/mol. The number of ether oxygens (including phenoxy) is 3. The molecule has 0 fully saturated rings. The fourth-order valence-corrected chi connectivity index (χ4v) is 5.22. The fraction of sp³-hybridized carbons (Fsp3) is 0.491. The van der Waals surface area contributed by atoms with E-state index in [1.54, 1.807) is 0 Å². The number of rotatable bonds is 37. The van der Waals surface area contributed by atoms with E-state index in [4.69, 9.17) is 14.2 Å². The lowest BCUT2D eigenvalue weighted by Gasteiger charge is -2.18. The first kappa shape index (κ1) is 54.3. The fourth-order valence-electron chi connectivity index (χ4n) is 5.22. The van der Waals surface area contributed by atoms with Crippen LogP contribution in [0.25, 0.3) is 0 Å². The zero-order valence-corrected chi connectivity index (χ0v) is 36.9. The van der Waals surface area contributed by atoms with Crippen molar-refractivity contribution in [3.63, 3.8) is 0 Å². The van der Waals surface area contributed by atoms with Gasteiger partial charge in [-0.05, 0) is 77.0 Å². The molecule has 0 spiro atoms. The second kappa shape index (κ2) is 46.0. The maximum Gasteiger partial charge on any atom is 0.306 e. The lowest BCUT2D eigenvalue weighted by molar-refractivity contribution is -0.167. The Morgan fingerprint density at radius 3 is 1.02 bits per heavy atom. The molecule has 0 aliphatic carbocycles. The standard InChI is InChI=1S/C53H78O6/c1-4-7-10-13-16-19-22-24-25-26-27-29-31-34-37-40-43-46-52(55)58-49-50(48-57-51(54)45-42-39-36-33-30-21-18-15-12-9-6-3)59-53(56)47-44-41-38-35-32-28-23-20-17-14-11-8-5-2/h7-8,10-11,13-32,50H,4-6,9,12,33-49H2,1-3H3/b10-7-,11-8-,16-13-,17-14-,18-15-,22-19-,23-20-,25-24-,27-26+,30-21-,31-29-,32-28-. The topological polar surface area (TPSA) is 78.9 Å². The highest BCUT2D eigenvalue weighted by Crippen LogP contribution is 2.10. The summed E-state index contributed by atoms with van der Waals surface area (Å²) in [6.07, 6.45) is 65.4. The van der Waals surface area contributed by atoms with Gasteiger partial charge in [0.25, 0.3) is 0 Å². The number of carbonyl (C=O) groups is 3. The third-order valence-corrected chi connectivity index (χ3v) is 8.59. The summed E-state index contributed by atoms with van der Waals surface area (Å²) < 4.78 is 16.6. The molecule has 0 heterocycles. The molecule has 0 radical (unpaired) electrons. The Balaban J connectivity index is 4.62. The highest BCUT2D eigenvalue weighted by atomic mass is 16.6. The van der Waals surface area contributed by atoms with Gasteiger partial charge in [0.05, 0.1) is 0 Å². The molecule has 0 aromatic rings. The second-order valence-corrected chi connectivity index (χ2v) is 14.1. The van der Waals surface area contributed by atoms with Gasteiger partial charge in [0.2, 0.25) is 0 Å². The van der Waals surface area contributed by atoms with Crippen LogP contribution in [0.4, 0.5) is 0 Å². The summed E-state index contributed by atoms with van der Waals surface area (Å²) in [7, 11) is 0. The summed E-state index contributed by atoms with van der Waals surface area (Å²) in [5, 5.41) is 0. The highest BCUT2D eigenvalue weighted by molar-refractivity contribution is 5.71. The Morgan fingerprint density at radius 2 is 0.661 bits per heavy atom. The predicted octanol–water partition coefficient (Wildman–Crippen LogP) is 14.5. The lowest BCUT2D eigenvalue weighted by atomic mass is 10.1. The van der Waals surface area contributed by atoms with Gasteiger partial charge < -0.3 is 14.2 Å². The summed E-state index contributed by atoms with van der Waals surface area (Å²) in [6, 6.07) is 0. The van der Waals surface area contributed by atoms with Crippen LogP contribution in [0, 0.1) is 0 Å². The molecule has 1 unspecified atom stereocenters. The first-order valence-corrected chi connectivity index (χ1v) is 22.5. The van der Waals surface area contributed by atoms with Crippen LogP contribution >= 0.6 is 0 Å². The molecular formula is C53H78O6. The van der Waals surface area contributed by atoms with E-state index in [1.807, 2.05) is 97.2 Å². The summed E-state index contributed by atoms with van der Waals surface area (Å²) in [5.74, 6) is -1.06. The van der Waals surface area contributed by atoms with Gasteiger partial charge in [-0.2, -0.15) is 0 Å². The molecule has 0 aliphatic heterocycles. The molecule has 326 valence electrons. The molecule has 0 saturated carbocycles. The first-order chi connectivity index (χ1) is 29.0. The van der Waals surface area contributed by atoms with Gasteiger partial charge in [0.1, 0.15) is 13.2 Å². The van der Waals surface area contributed by atoms with Crippen LogP contribution in [0.1, 0.15) is 149 Å². The molecule has 6 heteroatoms. The van der Waals surface area contributed by atoms with Crippen LogP contribution in [0.5, 0.6) is 0 Å². The number of allylic oxidation sites excluding steroid dienone is 24. The van der Waals surface area contributed by atoms with Gasteiger partial charge in [-0.25, -0.2) is 0 Å². The summed E-state index contributed by atoms with van der Waals surface area (Å²) in [5.41, 5.74) is 0. The minimum atomic E-state index is -0.832. The summed E-state index contributed by atoms with van der Waals surface area (Å²) in [4.78, 5) is 37.7. The van der Waals surface area contributed by atoms with Crippen LogP contribution in [0.2, 0.25) is 0 Å². The van der Waals surface area contributed by atoms with Gasteiger partial charge in [0.15, 0.2) is 6.10 Å². The number of unbranched alkanes of at least 4 members (excludes halogenated alkanes) is 11. The van der Waals surface area contributed by atoms with Gasteiger partial charge >= 0.3 is 17.9 Å². The first-order valence-electron chi connectivity index (χ1n) is 22.5. The Labute approximate surface area is 359 Å². The third-order valence-electron chi connectivity index (χ3n) is 8.59. The SMILES string of the molecule is CC\C=C/C=C\C=C/C=C\C=C\C=C/CCCCCC(=O)OCC(COC(=O)CCCCC/C=C\C=C/CCCC)OC(=O)CCCCC\C=C/C=C\C=C/C=C\CC. The maximum atomic E-state index is 12.7. The van der Waals surface area contributed by atoms with E-state index in [1.165, 1.54) is 12.8 Å². The second-order valence-electron chi connectivity index (χ2n) is 14.1. The largest absolute Gasteiger partial charge is 0.462 e. The molecule has 0 bridgehead atoms. The lowest BCUT2D eigenvalue weighted by Crippen LogP contribution is -2.30. The van der Waals surface area contributed by atoms with Crippen LogP contribution < -0.4 is 0 Å². The van der Waals surface area contributed by atoms with Crippen LogP contribution in [0.15, 0.2) is 146 Å². The van der Waals surface area contributed by atoms with Crippen molar-refractivity contribution in [1.82, 2.24) is 0 Å². The van der Waals surface area contributed by atoms with E-state index in [0.29, 0.717) is 19.3 Å². The summed E-state index contributed by atoms with van der Waals surface area (Å²) >= 11 is 0. The molecule has 0 aliphatic rings.